The van der Waals surface area contributed by atoms with E-state index in [0.29, 0.717) is 55.5 Å². The molecule has 2 aliphatic rings. The highest BCUT2D eigenvalue weighted by molar-refractivity contribution is 7.88. The summed E-state index contributed by atoms with van der Waals surface area (Å²) in [4.78, 5) is 30.7. The number of benzene rings is 1. The highest BCUT2D eigenvalue weighted by atomic mass is 32.2. The maximum Gasteiger partial charge on any atom is 0.267 e. The van der Waals surface area contributed by atoms with Gasteiger partial charge in [-0.15, -0.1) is 11.3 Å². The number of carbonyl (C=O) groups is 2. The van der Waals surface area contributed by atoms with E-state index in [-0.39, 0.29) is 18.4 Å². The largest absolute Gasteiger partial charge is 0.485 e. The standard InChI is InChI=1S/C21H25N3O6S2/c1-32(27,28)22-9-8-15-6-7-19(31-15)21(26)24-12-10-23(11-13-24)20(25)18-14-29-16-4-2-3-5-17(16)30-18/h2-7,18,22H,8-14H2,1H3/t18-/m1/s1. The highest BCUT2D eigenvalue weighted by Crippen LogP contribution is 2.31. The van der Waals surface area contributed by atoms with Crippen LogP contribution in [-0.4, -0.2) is 81.7 Å². The van der Waals surface area contributed by atoms with Crippen molar-refractivity contribution in [3.05, 3.63) is 46.2 Å². The number of thiophene rings is 1. The van der Waals surface area contributed by atoms with Crippen LogP contribution in [0.3, 0.4) is 0 Å². The van der Waals surface area contributed by atoms with E-state index < -0.39 is 16.1 Å². The molecule has 0 radical (unpaired) electrons. The molecular weight excluding hydrogens is 454 g/mol. The van der Waals surface area contributed by atoms with Crippen molar-refractivity contribution in [1.82, 2.24) is 14.5 Å². The molecule has 3 heterocycles. The molecule has 4 rings (SSSR count). The predicted octanol–water partition coefficient (Wildman–Crippen LogP) is 0.964. The minimum Gasteiger partial charge on any atom is -0.485 e. The third kappa shape index (κ3) is 5.40. The van der Waals surface area contributed by atoms with Crippen LogP contribution in [-0.2, 0) is 21.2 Å². The molecule has 0 aliphatic carbocycles. The van der Waals surface area contributed by atoms with Crippen LogP contribution in [0.25, 0.3) is 0 Å². The Morgan fingerprint density at radius 2 is 1.75 bits per heavy atom. The zero-order valence-corrected chi connectivity index (χ0v) is 19.3. The van der Waals surface area contributed by atoms with E-state index in [2.05, 4.69) is 4.72 Å². The van der Waals surface area contributed by atoms with Crippen molar-refractivity contribution in [3.63, 3.8) is 0 Å². The summed E-state index contributed by atoms with van der Waals surface area (Å²) in [5, 5.41) is 0. The Morgan fingerprint density at radius 1 is 1.06 bits per heavy atom. The number of nitrogens with zero attached hydrogens (tertiary/aromatic N) is 2. The van der Waals surface area contributed by atoms with Crippen LogP contribution >= 0.6 is 11.3 Å². The number of ether oxygens (including phenoxy) is 2. The summed E-state index contributed by atoms with van der Waals surface area (Å²) in [6.07, 6.45) is 0.958. The van der Waals surface area contributed by atoms with Gasteiger partial charge in [-0.25, -0.2) is 13.1 Å². The summed E-state index contributed by atoms with van der Waals surface area (Å²) in [7, 11) is -3.23. The minimum atomic E-state index is -3.23. The SMILES string of the molecule is CS(=O)(=O)NCCc1ccc(C(=O)N2CCN(C(=O)[C@H]3COc4ccccc4O3)CC2)s1. The summed E-state index contributed by atoms with van der Waals surface area (Å²) >= 11 is 1.37. The molecule has 0 saturated carbocycles. The van der Waals surface area contributed by atoms with Gasteiger partial charge in [-0.05, 0) is 30.7 Å². The predicted molar refractivity (Wildman–Crippen MR) is 120 cm³/mol. The number of fused-ring (bicyclic) bond motifs is 1. The number of hydrogen-bond acceptors (Lipinski definition) is 7. The monoisotopic (exact) mass is 479 g/mol. The quantitative estimate of drug-likeness (QED) is 0.662. The van der Waals surface area contributed by atoms with E-state index in [1.807, 2.05) is 18.2 Å². The third-order valence-electron chi connectivity index (χ3n) is 5.27. The first-order chi connectivity index (χ1) is 15.3. The Morgan fingerprint density at radius 3 is 2.47 bits per heavy atom. The van der Waals surface area contributed by atoms with E-state index >= 15 is 0 Å². The number of carbonyl (C=O) groups excluding carboxylic acids is 2. The summed E-state index contributed by atoms with van der Waals surface area (Å²) in [6, 6.07) is 10.9. The van der Waals surface area contributed by atoms with Gasteiger partial charge in [-0.2, -0.15) is 0 Å². The number of hydrogen-bond donors (Lipinski definition) is 1. The smallest absolute Gasteiger partial charge is 0.267 e. The molecule has 1 aromatic heterocycles. The fraction of sp³-hybridized carbons (Fsp3) is 0.429. The van der Waals surface area contributed by atoms with E-state index in [9.17, 15) is 18.0 Å². The Hall–Kier alpha value is -2.63. The van der Waals surface area contributed by atoms with Gasteiger partial charge < -0.3 is 19.3 Å². The first-order valence-electron chi connectivity index (χ1n) is 10.3. The lowest BCUT2D eigenvalue weighted by atomic mass is 10.2. The van der Waals surface area contributed by atoms with E-state index in [1.54, 1.807) is 28.0 Å². The Labute approximate surface area is 191 Å². The van der Waals surface area contributed by atoms with Gasteiger partial charge in [-0.1, -0.05) is 12.1 Å². The zero-order chi connectivity index (χ0) is 22.7. The third-order valence-corrected chi connectivity index (χ3v) is 7.13. The molecule has 1 atom stereocenters. The lowest BCUT2D eigenvalue weighted by Gasteiger charge is -2.37. The summed E-state index contributed by atoms with van der Waals surface area (Å²) < 4.78 is 36.2. The van der Waals surface area contributed by atoms with Crippen LogP contribution in [0, 0.1) is 0 Å². The second kappa shape index (κ2) is 9.47. The number of rotatable bonds is 6. The van der Waals surface area contributed by atoms with Crippen molar-refractivity contribution in [2.24, 2.45) is 0 Å². The number of piperazine rings is 1. The highest BCUT2D eigenvalue weighted by Gasteiger charge is 2.33. The van der Waals surface area contributed by atoms with Crippen LogP contribution < -0.4 is 14.2 Å². The maximum atomic E-state index is 12.9. The molecule has 32 heavy (non-hydrogen) atoms. The Bertz CT molecular complexity index is 1090. The summed E-state index contributed by atoms with van der Waals surface area (Å²) in [5.74, 6) is 0.986. The number of sulfonamides is 1. The topological polar surface area (TPSA) is 105 Å². The van der Waals surface area contributed by atoms with Crippen molar-refractivity contribution in [1.29, 1.82) is 0 Å². The van der Waals surface area contributed by atoms with E-state index in [0.717, 1.165) is 11.1 Å². The normalized spacial score (nSPS) is 18.5. The van der Waals surface area contributed by atoms with Crippen molar-refractivity contribution in [3.8, 4) is 11.5 Å². The van der Waals surface area contributed by atoms with Crippen LogP contribution in [0.5, 0.6) is 11.5 Å². The average molecular weight is 480 g/mol. The molecule has 1 fully saturated rings. The second-order valence-electron chi connectivity index (χ2n) is 7.66. The molecule has 2 aromatic rings. The fourth-order valence-corrected chi connectivity index (χ4v) is 5.07. The Balaban J connectivity index is 1.27. The molecular formula is C21H25N3O6S2. The minimum absolute atomic E-state index is 0.0735. The first kappa shape index (κ1) is 22.6. The van der Waals surface area contributed by atoms with Gasteiger partial charge in [0.15, 0.2) is 11.5 Å². The molecule has 0 bridgehead atoms. The summed E-state index contributed by atoms with van der Waals surface area (Å²) in [6.45, 7) is 2.22. The van der Waals surface area contributed by atoms with Crippen molar-refractivity contribution >= 4 is 33.2 Å². The molecule has 9 nitrogen and oxygen atoms in total. The number of amides is 2. The Kier molecular flexibility index (Phi) is 6.68. The van der Waals surface area contributed by atoms with Gasteiger partial charge in [0, 0.05) is 37.6 Å². The molecule has 1 saturated heterocycles. The van der Waals surface area contributed by atoms with Gasteiger partial charge in [0.2, 0.25) is 16.1 Å². The van der Waals surface area contributed by atoms with Crippen LogP contribution in [0.4, 0.5) is 0 Å². The first-order valence-corrected chi connectivity index (χ1v) is 13.0. The molecule has 2 aliphatic heterocycles. The average Bonchev–Trinajstić information content (AvgIpc) is 3.26. The molecule has 172 valence electrons. The summed E-state index contributed by atoms with van der Waals surface area (Å²) in [5.41, 5.74) is 0. The van der Waals surface area contributed by atoms with Crippen molar-refractivity contribution < 1.29 is 27.5 Å². The van der Waals surface area contributed by atoms with Gasteiger partial charge in [0.1, 0.15) is 6.61 Å². The van der Waals surface area contributed by atoms with Crippen molar-refractivity contribution in [2.45, 2.75) is 12.5 Å². The maximum absolute atomic E-state index is 12.9. The van der Waals surface area contributed by atoms with Crippen molar-refractivity contribution in [2.75, 3.05) is 45.6 Å². The second-order valence-corrected chi connectivity index (χ2v) is 10.7. The van der Waals surface area contributed by atoms with Gasteiger partial charge in [0.25, 0.3) is 11.8 Å². The molecule has 0 unspecified atom stereocenters. The van der Waals surface area contributed by atoms with Crippen LogP contribution in [0.1, 0.15) is 14.5 Å². The van der Waals surface area contributed by atoms with Gasteiger partial charge in [-0.3, -0.25) is 9.59 Å². The number of nitrogens with one attached hydrogen (secondary N) is 1. The molecule has 0 spiro atoms. The van der Waals surface area contributed by atoms with Gasteiger partial charge >= 0.3 is 0 Å². The molecule has 1 aromatic carbocycles. The fourth-order valence-electron chi connectivity index (χ4n) is 3.62. The lowest BCUT2D eigenvalue weighted by molar-refractivity contribution is -0.142. The number of para-hydroxylation sites is 2. The van der Waals surface area contributed by atoms with Crippen LogP contribution in [0.15, 0.2) is 36.4 Å². The molecule has 11 heteroatoms. The van der Waals surface area contributed by atoms with E-state index in [4.69, 9.17) is 9.47 Å². The van der Waals surface area contributed by atoms with E-state index in [1.165, 1.54) is 11.3 Å². The molecule has 1 N–H and O–H groups in total. The lowest BCUT2D eigenvalue weighted by Crippen LogP contribution is -2.55. The zero-order valence-electron chi connectivity index (χ0n) is 17.7. The van der Waals surface area contributed by atoms with Crippen LogP contribution in [0.2, 0.25) is 0 Å². The molecule has 2 amide bonds. The van der Waals surface area contributed by atoms with Gasteiger partial charge in [0.05, 0.1) is 11.1 Å².